The Morgan fingerprint density at radius 1 is 1.40 bits per heavy atom. The summed E-state index contributed by atoms with van der Waals surface area (Å²) in [6.45, 7) is 7.97. The number of nitrogens with zero attached hydrogens (tertiary/aromatic N) is 3. The van der Waals surface area contributed by atoms with E-state index in [-0.39, 0.29) is 18.0 Å². The SMILES string of the molecule is CC1C(NC(=O)OC(C)(C)C)CCN1C(=O)c1nc2cccnc2s1. The second kappa shape index (κ2) is 6.59. The van der Waals surface area contributed by atoms with Crippen LogP contribution in [-0.4, -0.2) is 51.1 Å². The molecule has 1 aliphatic rings. The molecule has 1 saturated heterocycles. The van der Waals surface area contributed by atoms with Crippen molar-refractivity contribution in [2.45, 2.75) is 51.8 Å². The molecule has 3 heterocycles. The van der Waals surface area contributed by atoms with Gasteiger partial charge in [0, 0.05) is 18.8 Å². The fraction of sp³-hybridized carbons (Fsp3) is 0.529. The summed E-state index contributed by atoms with van der Waals surface area (Å²) in [5.74, 6) is -0.121. The molecule has 8 heteroatoms. The Bertz CT molecular complexity index is 766. The van der Waals surface area contributed by atoms with E-state index in [0.29, 0.717) is 18.0 Å². The number of ether oxygens (including phenoxy) is 1. The van der Waals surface area contributed by atoms with Crippen molar-refractivity contribution in [2.75, 3.05) is 6.54 Å². The van der Waals surface area contributed by atoms with E-state index in [4.69, 9.17) is 4.74 Å². The standard InChI is InChI=1S/C17H22N4O3S/c1-10-11(20-16(23)24-17(2,3)4)7-9-21(10)15(22)14-19-12-6-5-8-18-13(12)25-14/h5-6,8,10-11H,7,9H2,1-4H3,(H,20,23). The number of hydrogen-bond donors (Lipinski definition) is 1. The number of pyridine rings is 1. The zero-order valence-corrected chi connectivity index (χ0v) is 15.6. The molecule has 3 rings (SSSR count). The van der Waals surface area contributed by atoms with Crippen molar-refractivity contribution in [3.63, 3.8) is 0 Å². The van der Waals surface area contributed by atoms with Crippen molar-refractivity contribution in [1.29, 1.82) is 0 Å². The molecule has 134 valence electrons. The molecule has 1 N–H and O–H groups in total. The highest BCUT2D eigenvalue weighted by atomic mass is 32.1. The van der Waals surface area contributed by atoms with Crippen LogP contribution in [-0.2, 0) is 4.74 Å². The van der Waals surface area contributed by atoms with Gasteiger partial charge in [0.15, 0.2) is 5.01 Å². The predicted molar refractivity (Wildman–Crippen MR) is 95.7 cm³/mol. The van der Waals surface area contributed by atoms with E-state index in [2.05, 4.69) is 15.3 Å². The molecule has 1 aliphatic heterocycles. The Kier molecular flexibility index (Phi) is 4.64. The second-order valence-electron chi connectivity index (χ2n) is 7.13. The maximum Gasteiger partial charge on any atom is 0.407 e. The molecule has 0 saturated carbocycles. The zero-order chi connectivity index (χ0) is 18.2. The lowest BCUT2D eigenvalue weighted by Gasteiger charge is -2.26. The summed E-state index contributed by atoms with van der Waals surface area (Å²) in [4.78, 5) is 35.9. The van der Waals surface area contributed by atoms with Gasteiger partial charge in [0.05, 0.1) is 6.04 Å². The Hall–Kier alpha value is -2.22. The third-order valence-corrected chi connectivity index (χ3v) is 5.03. The number of nitrogens with one attached hydrogen (secondary N) is 1. The van der Waals surface area contributed by atoms with E-state index in [0.717, 1.165) is 10.3 Å². The highest BCUT2D eigenvalue weighted by Crippen LogP contribution is 2.25. The first-order valence-corrected chi connectivity index (χ1v) is 9.08. The van der Waals surface area contributed by atoms with Crippen LogP contribution in [0.3, 0.4) is 0 Å². The largest absolute Gasteiger partial charge is 0.444 e. The number of carbonyl (C=O) groups is 2. The summed E-state index contributed by atoms with van der Waals surface area (Å²) >= 11 is 1.29. The van der Waals surface area contributed by atoms with Crippen LogP contribution >= 0.6 is 11.3 Å². The predicted octanol–water partition coefficient (Wildman–Crippen LogP) is 2.82. The molecule has 2 amide bonds. The van der Waals surface area contributed by atoms with Gasteiger partial charge in [-0.25, -0.2) is 14.8 Å². The van der Waals surface area contributed by atoms with Crippen LogP contribution in [0.1, 0.15) is 43.9 Å². The van der Waals surface area contributed by atoms with E-state index >= 15 is 0 Å². The third-order valence-electron chi connectivity index (χ3n) is 4.07. The number of hydrogen-bond acceptors (Lipinski definition) is 6. The van der Waals surface area contributed by atoms with Gasteiger partial charge >= 0.3 is 6.09 Å². The first-order valence-electron chi connectivity index (χ1n) is 8.26. The van der Waals surface area contributed by atoms with Crippen LogP contribution in [0.4, 0.5) is 4.79 Å². The third kappa shape index (κ3) is 3.89. The average Bonchev–Trinajstić information content (AvgIpc) is 3.09. The highest BCUT2D eigenvalue weighted by Gasteiger charge is 2.37. The number of amides is 2. The van der Waals surface area contributed by atoms with E-state index in [9.17, 15) is 9.59 Å². The van der Waals surface area contributed by atoms with Crippen molar-refractivity contribution >= 4 is 33.7 Å². The topological polar surface area (TPSA) is 84.4 Å². The average molecular weight is 362 g/mol. The number of carbonyl (C=O) groups excluding carboxylic acids is 2. The molecule has 0 aromatic carbocycles. The normalized spacial score (nSPS) is 20.7. The van der Waals surface area contributed by atoms with E-state index in [1.165, 1.54) is 11.3 Å². The fourth-order valence-electron chi connectivity index (χ4n) is 2.86. The monoisotopic (exact) mass is 362 g/mol. The molecule has 2 aromatic rings. The number of alkyl carbamates (subject to hydrolysis) is 1. The molecule has 0 spiro atoms. The molecule has 7 nitrogen and oxygen atoms in total. The molecule has 0 radical (unpaired) electrons. The summed E-state index contributed by atoms with van der Waals surface area (Å²) in [5, 5.41) is 3.29. The van der Waals surface area contributed by atoms with Gasteiger partial charge in [0.2, 0.25) is 0 Å². The minimum atomic E-state index is -0.546. The Morgan fingerprint density at radius 2 is 2.16 bits per heavy atom. The van der Waals surface area contributed by atoms with Crippen molar-refractivity contribution in [2.24, 2.45) is 0 Å². The van der Waals surface area contributed by atoms with Gasteiger partial charge in [-0.3, -0.25) is 4.79 Å². The number of thiazole rings is 1. The smallest absolute Gasteiger partial charge is 0.407 e. The molecule has 25 heavy (non-hydrogen) atoms. The molecule has 0 bridgehead atoms. The van der Waals surface area contributed by atoms with Gasteiger partial charge < -0.3 is 15.0 Å². The lowest BCUT2D eigenvalue weighted by atomic mass is 10.1. The van der Waals surface area contributed by atoms with Gasteiger partial charge in [-0.15, -0.1) is 0 Å². The van der Waals surface area contributed by atoms with E-state index in [1.807, 2.05) is 33.8 Å². The Balaban J connectivity index is 1.67. The summed E-state index contributed by atoms with van der Waals surface area (Å²) in [5.41, 5.74) is 0.182. The van der Waals surface area contributed by atoms with E-state index in [1.54, 1.807) is 17.2 Å². The summed E-state index contributed by atoms with van der Waals surface area (Å²) in [6.07, 6.45) is 1.92. The summed E-state index contributed by atoms with van der Waals surface area (Å²) in [6, 6.07) is 3.39. The lowest BCUT2D eigenvalue weighted by Crippen LogP contribution is -2.46. The zero-order valence-electron chi connectivity index (χ0n) is 14.8. The molecule has 1 fully saturated rings. The van der Waals surface area contributed by atoms with Crippen LogP contribution in [0.15, 0.2) is 18.3 Å². The molecule has 2 aromatic heterocycles. The van der Waals surface area contributed by atoms with Gasteiger partial charge in [0.25, 0.3) is 5.91 Å². The molecule has 2 unspecified atom stereocenters. The van der Waals surface area contributed by atoms with Gasteiger partial charge in [-0.2, -0.15) is 0 Å². The van der Waals surface area contributed by atoms with Crippen LogP contribution < -0.4 is 5.32 Å². The Labute approximate surface area is 150 Å². The van der Waals surface area contributed by atoms with Crippen LogP contribution in [0.25, 0.3) is 10.3 Å². The van der Waals surface area contributed by atoms with Crippen LogP contribution in [0.2, 0.25) is 0 Å². The molecule has 2 atom stereocenters. The van der Waals surface area contributed by atoms with Gasteiger partial charge in [-0.1, -0.05) is 11.3 Å². The first-order chi connectivity index (χ1) is 11.7. The number of fused-ring (bicyclic) bond motifs is 1. The van der Waals surface area contributed by atoms with Crippen molar-refractivity contribution in [1.82, 2.24) is 20.2 Å². The van der Waals surface area contributed by atoms with Gasteiger partial charge in [0.1, 0.15) is 15.9 Å². The number of aromatic nitrogens is 2. The second-order valence-corrected chi connectivity index (χ2v) is 8.10. The van der Waals surface area contributed by atoms with Crippen molar-refractivity contribution < 1.29 is 14.3 Å². The number of rotatable bonds is 2. The molecular weight excluding hydrogens is 340 g/mol. The maximum absolute atomic E-state index is 12.8. The Morgan fingerprint density at radius 3 is 2.84 bits per heavy atom. The van der Waals surface area contributed by atoms with Crippen molar-refractivity contribution in [3.05, 3.63) is 23.3 Å². The highest BCUT2D eigenvalue weighted by molar-refractivity contribution is 7.19. The summed E-state index contributed by atoms with van der Waals surface area (Å²) in [7, 11) is 0. The van der Waals surface area contributed by atoms with Crippen LogP contribution in [0.5, 0.6) is 0 Å². The van der Waals surface area contributed by atoms with Crippen LogP contribution in [0, 0.1) is 0 Å². The lowest BCUT2D eigenvalue weighted by molar-refractivity contribution is 0.0485. The molecule has 0 aliphatic carbocycles. The van der Waals surface area contributed by atoms with E-state index < -0.39 is 11.7 Å². The fourth-order valence-corrected chi connectivity index (χ4v) is 3.73. The van der Waals surface area contributed by atoms with Crippen molar-refractivity contribution in [3.8, 4) is 0 Å². The minimum Gasteiger partial charge on any atom is -0.444 e. The maximum atomic E-state index is 12.8. The minimum absolute atomic E-state index is 0.121. The quantitative estimate of drug-likeness (QED) is 0.888. The summed E-state index contributed by atoms with van der Waals surface area (Å²) < 4.78 is 5.30. The first kappa shape index (κ1) is 17.6. The number of likely N-dealkylation sites (tertiary alicyclic amines) is 1. The van der Waals surface area contributed by atoms with Gasteiger partial charge in [-0.05, 0) is 46.2 Å². The molecular formula is C17H22N4O3S.